The van der Waals surface area contributed by atoms with Crippen molar-refractivity contribution in [3.63, 3.8) is 0 Å². The van der Waals surface area contributed by atoms with Gasteiger partial charge in [-0.15, -0.1) is 0 Å². The first-order chi connectivity index (χ1) is 9.20. The van der Waals surface area contributed by atoms with Crippen LogP contribution in [0.5, 0.6) is 5.75 Å². The molecule has 0 atom stereocenters. The Labute approximate surface area is 109 Å². The zero-order valence-electron chi connectivity index (χ0n) is 10.3. The second kappa shape index (κ2) is 4.28. The van der Waals surface area contributed by atoms with Crippen LogP contribution in [0.3, 0.4) is 0 Å². The average Bonchev–Trinajstić information content (AvgIpc) is 2.57. The Bertz CT molecular complexity index is 718. The van der Waals surface area contributed by atoms with Gasteiger partial charge in [-0.2, -0.15) is 0 Å². The zero-order valence-corrected chi connectivity index (χ0v) is 10.3. The number of rotatable bonds is 1. The van der Waals surface area contributed by atoms with Gasteiger partial charge in [-0.3, -0.25) is 4.79 Å². The summed E-state index contributed by atoms with van der Waals surface area (Å²) in [6, 6.07) is 8.51. The molecule has 0 unspecified atom stereocenters. The first kappa shape index (κ1) is 11.5. The Hall–Kier alpha value is -2.56. The van der Waals surface area contributed by atoms with Crippen molar-refractivity contribution in [1.29, 1.82) is 0 Å². The number of ether oxygens (including phenoxy) is 2. The maximum absolute atomic E-state index is 11.9. The summed E-state index contributed by atoms with van der Waals surface area (Å²) in [6.07, 6.45) is 1.58. The second-order valence-electron chi connectivity index (χ2n) is 4.16. The van der Waals surface area contributed by atoms with Gasteiger partial charge < -0.3 is 14.0 Å². The molecule has 0 radical (unpaired) electrons. The van der Waals surface area contributed by atoms with Gasteiger partial charge in [0.05, 0.1) is 30.3 Å². The fraction of sp³-hybridized carbons (Fsp3) is 0.143. The molecular formula is C14H11NO4. The summed E-state index contributed by atoms with van der Waals surface area (Å²) in [5.41, 5.74) is 1.53. The number of methoxy groups -OCH3 is 1. The normalized spacial score (nSPS) is 13.0. The van der Waals surface area contributed by atoms with Crippen molar-refractivity contribution in [3.05, 3.63) is 58.0 Å². The predicted octanol–water partition coefficient (Wildman–Crippen LogP) is 1.52. The number of hydrogen-bond acceptors (Lipinski definition) is 4. The number of benzene rings is 1. The number of carbonyl (C=O) groups excluding carboxylic acids is 1. The van der Waals surface area contributed by atoms with Crippen molar-refractivity contribution in [2.45, 2.75) is 6.61 Å². The third-order valence-electron chi connectivity index (χ3n) is 3.05. The maximum Gasteiger partial charge on any atom is 0.340 e. The van der Waals surface area contributed by atoms with Gasteiger partial charge in [-0.25, -0.2) is 4.79 Å². The van der Waals surface area contributed by atoms with Crippen LogP contribution in [0.15, 0.2) is 41.3 Å². The molecule has 0 spiro atoms. The molecule has 2 aromatic rings. The van der Waals surface area contributed by atoms with Crippen molar-refractivity contribution in [2.24, 2.45) is 0 Å². The van der Waals surface area contributed by atoms with Crippen molar-refractivity contribution in [3.8, 4) is 11.4 Å². The molecule has 0 fully saturated rings. The molecule has 0 bridgehead atoms. The highest BCUT2D eigenvalue weighted by atomic mass is 16.5. The molecule has 3 rings (SSSR count). The van der Waals surface area contributed by atoms with Crippen molar-refractivity contribution < 1.29 is 14.3 Å². The molecule has 0 saturated carbocycles. The Morgan fingerprint density at radius 1 is 1.26 bits per heavy atom. The van der Waals surface area contributed by atoms with E-state index in [1.807, 2.05) is 6.07 Å². The standard InChI is InChI=1S/C14H11NO4/c1-18-13-7-15-9(6-12(13)16)8-19-14(17)10-4-2-3-5-11(10)15/h2-7H,8H2,1H3. The topological polar surface area (TPSA) is 57.5 Å². The van der Waals surface area contributed by atoms with Crippen LogP contribution in [0.25, 0.3) is 5.69 Å². The number of fused-ring (bicyclic) bond motifs is 3. The highest BCUT2D eigenvalue weighted by Crippen LogP contribution is 2.23. The molecule has 5 nitrogen and oxygen atoms in total. The van der Waals surface area contributed by atoms with Gasteiger partial charge in [0.15, 0.2) is 5.75 Å². The number of pyridine rings is 1. The van der Waals surface area contributed by atoms with Gasteiger partial charge >= 0.3 is 5.97 Å². The lowest BCUT2D eigenvalue weighted by Crippen LogP contribution is -2.13. The summed E-state index contributed by atoms with van der Waals surface area (Å²) >= 11 is 0. The summed E-state index contributed by atoms with van der Waals surface area (Å²) in [7, 11) is 1.44. The SMILES string of the molecule is COc1cn2c(cc1=O)COC(=O)c1ccccc1-2. The Kier molecular flexibility index (Phi) is 2.59. The minimum absolute atomic E-state index is 0.0622. The second-order valence-corrected chi connectivity index (χ2v) is 4.16. The molecule has 96 valence electrons. The molecule has 0 amide bonds. The third-order valence-corrected chi connectivity index (χ3v) is 3.05. The van der Waals surface area contributed by atoms with Crippen molar-refractivity contribution in [2.75, 3.05) is 7.11 Å². The van der Waals surface area contributed by atoms with Crippen LogP contribution in [-0.2, 0) is 11.3 Å². The van der Waals surface area contributed by atoms with Crippen LogP contribution in [-0.4, -0.2) is 17.6 Å². The van der Waals surface area contributed by atoms with E-state index in [0.717, 1.165) is 0 Å². The van der Waals surface area contributed by atoms with Gasteiger partial charge in [-0.05, 0) is 12.1 Å². The van der Waals surface area contributed by atoms with Crippen LogP contribution >= 0.6 is 0 Å². The van der Waals surface area contributed by atoms with E-state index in [-0.39, 0.29) is 17.8 Å². The number of nitrogens with zero attached hydrogens (tertiary/aromatic N) is 1. The molecule has 19 heavy (non-hydrogen) atoms. The first-order valence-electron chi connectivity index (χ1n) is 5.77. The molecule has 0 aliphatic carbocycles. The summed E-state index contributed by atoms with van der Waals surface area (Å²) in [4.78, 5) is 23.6. The smallest absolute Gasteiger partial charge is 0.340 e. The predicted molar refractivity (Wildman–Crippen MR) is 67.7 cm³/mol. The lowest BCUT2D eigenvalue weighted by molar-refractivity contribution is 0.0475. The molecule has 5 heteroatoms. The van der Waals surface area contributed by atoms with Crippen LogP contribution in [0.2, 0.25) is 0 Å². The van der Waals surface area contributed by atoms with E-state index in [2.05, 4.69) is 0 Å². The maximum atomic E-state index is 11.9. The number of para-hydroxylation sites is 1. The lowest BCUT2D eigenvalue weighted by Gasteiger charge is -2.12. The Morgan fingerprint density at radius 3 is 2.84 bits per heavy atom. The fourth-order valence-corrected chi connectivity index (χ4v) is 2.12. The minimum Gasteiger partial charge on any atom is -0.491 e. The summed E-state index contributed by atoms with van der Waals surface area (Å²) in [5, 5.41) is 0. The van der Waals surface area contributed by atoms with Crippen LogP contribution in [0, 0.1) is 0 Å². The summed E-state index contributed by atoms with van der Waals surface area (Å²) < 4.78 is 11.9. The summed E-state index contributed by atoms with van der Waals surface area (Å²) in [5.74, 6) is -0.168. The number of esters is 1. The van der Waals surface area contributed by atoms with Gasteiger partial charge in [0.1, 0.15) is 6.61 Å². The molecule has 2 heterocycles. The van der Waals surface area contributed by atoms with E-state index in [1.54, 1.807) is 29.0 Å². The minimum atomic E-state index is -0.397. The van der Waals surface area contributed by atoms with E-state index in [9.17, 15) is 9.59 Å². The third kappa shape index (κ3) is 1.79. The molecular weight excluding hydrogens is 246 g/mol. The van der Waals surface area contributed by atoms with Crippen LogP contribution in [0.1, 0.15) is 16.1 Å². The highest BCUT2D eigenvalue weighted by Gasteiger charge is 2.21. The zero-order chi connectivity index (χ0) is 13.4. The van der Waals surface area contributed by atoms with Crippen molar-refractivity contribution in [1.82, 2.24) is 4.57 Å². The Morgan fingerprint density at radius 2 is 2.05 bits per heavy atom. The monoisotopic (exact) mass is 257 g/mol. The molecule has 1 aromatic carbocycles. The van der Waals surface area contributed by atoms with E-state index in [0.29, 0.717) is 16.9 Å². The molecule has 1 aromatic heterocycles. The molecule has 1 aliphatic heterocycles. The van der Waals surface area contributed by atoms with E-state index in [1.165, 1.54) is 13.2 Å². The average molecular weight is 257 g/mol. The van der Waals surface area contributed by atoms with Gasteiger partial charge in [0, 0.05) is 6.07 Å². The number of hydrogen-bond donors (Lipinski definition) is 0. The number of carbonyl (C=O) groups is 1. The van der Waals surface area contributed by atoms with Crippen molar-refractivity contribution >= 4 is 5.97 Å². The van der Waals surface area contributed by atoms with Crippen LogP contribution in [0.4, 0.5) is 0 Å². The van der Waals surface area contributed by atoms with E-state index in [4.69, 9.17) is 9.47 Å². The van der Waals surface area contributed by atoms with Gasteiger partial charge in [-0.1, -0.05) is 12.1 Å². The molecule has 0 N–H and O–H groups in total. The van der Waals surface area contributed by atoms with Crippen LogP contribution < -0.4 is 10.2 Å². The lowest BCUT2D eigenvalue weighted by atomic mass is 10.1. The first-order valence-corrected chi connectivity index (χ1v) is 5.77. The summed E-state index contributed by atoms with van der Waals surface area (Å²) in [6.45, 7) is 0.0622. The number of aromatic nitrogens is 1. The fourth-order valence-electron chi connectivity index (χ4n) is 2.12. The molecule has 1 aliphatic rings. The quantitative estimate of drug-likeness (QED) is 0.727. The highest BCUT2D eigenvalue weighted by molar-refractivity contribution is 5.94. The largest absolute Gasteiger partial charge is 0.491 e. The van der Waals surface area contributed by atoms with Gasteiger partial charge in [0.25, 0.3) is 0 Å². The van der Waals surface area contributed by atoms with Gasteiger partial charge in [0.2, 0.25) is 5.43 Å². The Balaban J connectivity index is 2.33. The van der Waals surface area contributed by atoms with E-state index < -0.39 is 5.97 Å². The molecule has 0 saturated heterocycles. The van der Waals surface area contributed by atoms with E-state index >= 15 is 0 Å². The number of cyclic esters (lactones) is 1.